The molecule has 4 fully saturated rings. The van der Waals surface area contributed by atoms with E-state index in [0.717, 1.165) is 32.1 Å². The summed E-state index contributed by atoms with van der Waals surface area (Å²) >= 11 is 0. The van der Waals surface area contributed by atoms with Crippen LogP contribution in [0.25, 0.3) is 0 Å². The maximum absolute atomic E-state index is 13.1. The number of carbonyl (C=O) groups is 3. The van der Waals surface area contributed by atoms with Crippen LogP contribution in [0.4, 0.5) is 0 Å². The number of benzene rings is 1. The number of phenols is 1. The zero-order chi connectivity index (χ0) is 35.1. The van der Waals surface area contributed by atoms with Gasteiger partial charge in [0.05, 0.1) is 18.3 Å². The standard InChI is InChI=1S/C37H55NO10/c1-19(6-11-33(44)38-28(35(45)46)14-22-7-10-31(29(41)15-22)48-21(3)47-20(2)39)25-8-9-26-34-27(18-32(43)37(25,26)5)36(4)13-12-24(40)16-23(36)17-30(34)42/h7,10,15,19,21,23-28,30,32,34,40-43H,6,8-9,11-14,16-18H2,1-5H3,(H,38,44)(H,45,46)/t19-,21?,23?,24-,25?,26?,27?,28?,30?,32+,34?,36+,37-/m1/s1. The minimum Gasteiger partial charge on any atom is -0.504 e. The van der Waals surface area contributed by atoms with Gasteiger partial charge >= 0.3 is 11.9 Å². The van der Waals surface area contributed by atoms with Crippen molar-refractivity contribution in [2.45, 2.75) is 129 Å². The molecule has 268 valence electrons. The topological polar surface area (TPSA) is 183 Å². The van der Waals surface area contributed by atoms with Crippen molar-refractivity contribution in [3.63, 3.8) is 0 Å². The smallest absolute Gasteiger partial charge is 0.326 e. The van der Waals surface area contributed by atoms with Gasteiger partial charge in [0.1, 0.15) is 6.04 Å². The monoisotopic (exact) mass is 673 g/mol. The normalized spacial score (nSPS) is 37.6. The Balaban J connectivity index is 1.18. The van der Waals surface area contributed by atoms with E-state index in [0.29, 0.717) is 24.8 Å². The summed E-state index contributed by atoms with van der Waals surface area (Å²) in [7, 11) is 0. The number of carboxylic acid groups (broad SMARTS) is 1. The van der Waals surface area contributed by atoms with E-state index in [9.17, 15) is 39.9 Å². The van der Waals surface area contributed by atoms with Crippen molar-refractivity contribution < 1.29 is 49.4 Å². The molecule has 0 aromatic heterocycles. The van der Waals surface area contributed by atoms with E-state index in [2.05, 4.69) is 26.1 Å². The molecular formula is C37H55NO10. The maximum atomic E-state index is 13.1. The highest BCUT2D eigenvalue weighted by molar-refractivity contribution is 5.83. The molecule has 13 atom stereocenters. The van der Waals surface area contributed by atoms with Gasteiger partial charge in [0.2, 0.25) is 12.2 Å². The largest absolute Gasteiger partial charge is 0.504 e. The number of nitrogens with one attached hydrogen (secondary N) is 1. The average Bonchev–Trinajstić information content (AvgIpc) is 3.36. The molecule has 48 heavy (non-hydrogen) atoms. The van der Waals surface area contributed by atoms with E-state index in [1.165, 1.54) is 26.0 Å². The van der Waals surface area contributed by atoms with E-state index in [4.69, 9.17) is 9.47 Å². The van der Waals surface area contributed by atoms with Crippen molar-refractivity contribution in [2.24, 2.45) is 46.3 Å². The van der Waals surface area contributed by atoms with Crippen LogP contribution in [0.2, 0.25) is 0 Å². The lowest BCUT2D eigenvalue weighted by atomic mass is 9.43. The average molecular weight is 674 g/mol. The number of hydrogen-bond acceptors (Lipinski definition) is 9. The van der Waals surface area contributed by atoms with Crippen LogP contribution in [0.5, 0.6) is 11.5 Å². The number of fused-ring (bicyclic) bond motifs is 5. The molecular weight excluding hydrogens is 618 g/mol. The molecule has 0 radical (unpaired) electrons. The fraction of sp³-hybridized carbons (Fsp3) is 0.757. The van der Waals surface area contributed by atoms with E-state index >= 15 is 0 Å². The Bertz CT molecular complexity index is 1350. The van der Waals surface area contributed by atoms with Crippen molar-refractivity contribution in [1.29, 1.82) is 0 Å². The number of aromatic hydroxyl groups is 1. The lowest BCUT2D eigenvalue weighted by Gasteiger charge is -2.63. The Morgan fingerprint density at radius 3 is 2.42 bits per heavy atom. The van der Waals surface area contributed by atoms with Gasteiger partial charge in [0.25, 0.3) is 0 Å². The Kier molecular flexibility index (Phi) is 10.7. The van der Waals surface area contributed by atoms with Gasteiger partial charge in [-0.3, -0.25) is 9.59 Å². The number of ether oxygens (including phenoxy) is 2. The van der Waals surface area contributed by atoms with E-state index in [-0.39, 0.29) is 82.7 Å². The summed E-state index contributed by atoms with van der Waals surface area (Å²) in [6.45, 7) is 9.36. The van der Waals surface area contributed by atoms with E-state index in [1.807, 2.05) is 0 Å². The van der Waals surface area contributed by atoms with Crippen molar-refractivity contribution in [1.82, 2.24) is 5.32 Å². The Hall–Kier alpha value is -2.89. The lowest BCUT2D eigenvalue weighted by Crippen LogP contribution is -2.62. The summed E-state index contributed by atoms with van der Waals surface area (Å²) in [6, 6.07) is 3.19. The fourth-order valence-corrected chi connectivity index (χ4v) is 10.6. The van der Waals surface area contributed by atoms with Crippen molar-refractivity contribution in [2.75, 3.05) is 0 Å². The molecule has 4 aliphatic rings. The van der Waals surface area contributed by atoms with Gasteiger partial charge in [-0.05, 0) is 115 Å². The predicted octanol–water partition coefficient (Wildman–Crippen LogP) is 4.17. The first kappa shape index (κ1) is 36.4. The summed E-state index contributed by atoms with van der Waals surface area (Å²) < 4.78 is 10.3. The first-order valence-corrected chi connectivity index (χ1v) is 17.8. The molecule has 8 unspecified atom stereocenters. The SMILES string of the molecule is CC(=O)OC(C)Oc1ccc(CC(NC(=O)CC[C@@H](C)C2CCC3C4C(O)CC5C[C@H](O)CC[C@]5(C)C4C[C@H](O)[C@@]32C)C(=O)O)cc1O. The minimum absolute atomic E-state index is 0.00623. The number of rotatable bonds is 11. The predicted molar refractivity (Wildman–Crippen MR) is 176 cm³/mol. The first-order valence-electron chi connectivity index (χ1n) is 17.8. The van der Waals surface area contributed by atoms with Crippen LogP contribution in [0.1, 0.15) is 98.0 Å². The molecule has 11 nitrogen and oxygen atoms in total. The molecule has 6 N–H and O–H groups in total. The van der Waals surface area contributed by atoms with E-state index < -0.39 is 36.5 Å². The molecule has 1 amide bonds. The van der Waals surface area contributed by atoms with Crippen LogP contribution in [0, 0.1) is 46.3 Å². The van der Waals surface area contributed by atoms with Gasteiger partial charge in [-0.15, -0.1) is 0 Å². The summed E-state index contributed by atoms with van der Waals surface area (Å²) in [5.41, 5.74) is 0.101. The summed E-state index contributed by atoms with van der Waals surface area (Å²) in [6.07, 6.45) is 4.04. The molecule has 5 rings (SSSR count). The highest BCUT2D eigenvalue weighted by atomic mass is 16.7. The van der Waals surface area contributed by atoms with Crippen molar-refractivity contribution in [3.05, 3.63) is 23.8 Å². The van der Waals surface area contributed by atoms with Gasteiger partial charge in [-0.1, -0.05) is 26.8 Å². The molecule has 0 aliphatic heterocycles. The third-order valence-corrected chi connectivity index (χ3v) is 13.1. The lowest BCUT2D eigenvalue weighted by molar-refractivity contribution is -0.207. The molecule has 1 aromatic carbocycles. The molecule has 0 spiro atoms. The van der Waals surface area contributed by atoms with Gasteiger partial charge in [0.15, 0.2) is 11.5 Å². The fourth-order valence-electron chi connectivity index (χ4n) is 10.6. The Morgan fingerprint density at radius 2 is 1.75 bits per heavy atom. The van der Waals surface area contributed by atoms with Gasteiger partial charge in [-0.25, -0.2) is 4.79 Å². The second kappa shape index (κ2) is 14.2. The number of hydrogen-bond donors (Lipinski definition) is 6. The number of carboxylic acids is 1. The molecule has 0 bridgehead atoms. The third-order valence-electron chi connectivity index (χ3n) is 13.1. The highest BCUT2D eigenvalue weighted by Crippen LogP contribution is 2.68. The summed E-state index contributed by atoms with van der Waals surface area (Å²) in [4.78, 5) is 36.3. The third kappa shape index (κ3) is 7.05. The minimum atomic E-state index is -1.21. The number of aliphatic hydroxyl groups is 3. The van der Waals surface area contributed by atoms with E-state index in [1.54, 1.807) is 6.07 Å². The van der Waals surface area contributed by atoms with Crippen LogP contribution in [-0.4, -0.2) is 74.0 Å². The molecule has 1 aromatic rings. The highest BCUT2D eigenvalue weighted by Gasteiger charge is 2.65. The van der Waals surface area contributed by atoms with Crippen molar-refractivity contribution >= 4 is 17.8 Å². The van der Waals surface area contributed by atoms with Crippen LogP contribution in [-0.2, 0) is 25.5 Å². The Labute approximate surface area is 283 Å². The zero-order valence-corrected chi connectivity index (χ0v) is 28.9. The van der Waals surface area contributed by atoms with Crippen molar-refractivity contribution in [3.8, 4) is 11.5 Å². The zero-order valence-electron chi connectivity index (χ0n) is 28.9. The molecule has 0 heterocycles. The number of carbonyl (C=O) groups excluding carboxylic acids is 2. The van der Waals surface area contributed by atoms with Crippen LogP contribution < -0.4 is 10.1 Å². The summed E-state index contributed by atoms with van der Waals surface area (Å²) in [5, 5.41) is 56.6. The van der Waals surface area contributed by atoms with Crippen LogP contribution >= 0.6 is 0 Å². The molecule has 11 heteroatoms. The molecule has 0 saturated heterocycles. The summed E-state index contributed by atoms with van der Waals surface area (Å²) in [5.74, 6) is -1.23. The van der Waals surface area contributed by atoms with Crippen LogP contribution in [0.15, 0.2) is 18.2 Å². The quantitative estimate of drug-likeness (QED) is 0.147. The molecule has 4 aliphatic carbocycles. The van der Waals surface area contributed by atoms with Crippen LogP contribution in [0.3, 0.4) is 0 Å². The maximum Gasteiger partial charge on any atom is 0.326 e. The Morgan fingerprint density at radius 1 is 1.02 bits per heavy atom. The second-order valence-electron chi connectivity index (χ2n) is 15.8. The number of esters is 1. The number of phenolic OH excluding ortho intramolecular Hbond substituents is 1. The number of aliphatic carboxylic acids is 1. The second-order valence-corrected chi connectivity index (χ2v) is 15.8. The van der Waals surface area contributed by atoms with Gasteiger partial charge < -0.3 is 40.3 Å². The first-order chi connectivity index (χ1) is 22.5. The number of aliphatic hydroxyl groups excluding tert-OH is 3. The number of amides is 1. The van der Waals surface area contributed by atoms with Gasteiger partial charge in [0, 0.05) is 26.7 Å². The molecule has 4 saturated carbocycles. The van der Waals surface area contributed by atoms with Gasteiger partial charge in [-0.2, -0.15) is 0 Å².